The van der Waals surface area contributed by atoms with E-state index in [1.54, 1.807) is 7.11 Å². The molecule has 0 bridgehead atoms. The molecular formula is C18H24ClNO. The van der Waals surface area contributed by atoms with Crippen molar-refractivity contribution in [3.05, 3.63) is 65.7 Å². The van der Waals surface area contributed by atoms with Crippen molar-refractivity contribution in [2.24, 2.45) is 0 Å². The van der Waals surface area contributed by atoms with Crippen molar-refractivity contribution in [2.45, 2.75) is 32.4 Å². The molecule has 1 N–H and O–H groups in total. The molecule has 0 aliphatic carbocycles. The molecule has 21 heavy (non-hydrogen) atoms. The highest BCUT2D eigenvalue weighted by Gasteiger charge is 2.09. The van der Waals surface area contributed by atoms with Gasteiger partial charge in [-0.15, -0.1) is 12.4 Å². The maximum Gasteiger partial charge on any atom is 0.118 e. The second kappa shape index (κ2) is 8.71. The number of hydrogen-bond donors (Lipinski definition) is 1. The van der Waals surface area contributed by atoms with E-state index in [9.17, 15) is 0 Å². The van der Waals surface area contributed by atoms with Gasteiger partial charge in [0.1, 0.15) is 5.75 Å². The fourth-order valence-electron chi connectivity index (χ4n) is 2.44. The summed E-state index contributed by atoms with van der Waals surface area (Å²) in [6, 6.07) is 19.6. The number of hydrogen-bond acceptors (Lipinski definition) is 2. The molecule has 0 fully saturated rings. The molecule has 2 nitrogen and oxygen atoms in total. The van der Waals surface area contributed by atoms with E-state index in [2.05, 4.69) is 61.6 Å². The van der Waals surface area contributed by atoms with Crippen molar-refractivity contribution >= 4 is 12.4 Å². The van der Waals surface area contributed by atoms with Gasteiger partial charge in [-0.2, -0.15) is 0 Å². The van der Waals surface area contributed by atoms with Crippen LogP contribution in [0, 0.1) is 0 Å². The van der Waals surface area contributed by atoms with Gasteiger partial charge in [0, 0.05) is 12.1 Å². The third-order valence-corrected chi connectivity index (χ3v) is 3.54. The Hall–Kier alpha value is -1.51. The second-order valence-electron chi connectivity index (χ2n) is 5.25. The molecule has 1 unspecified atom stereocenters. The Morgan fingerprint density at radius 1 is 0.952 bits per heavy atom. The van der Waals surface area contributed by atoms with E-state index in [0.717, 1.165) is 12.2 Å². The van der Waals surface area contributed by atoms with Gasteiger partial charge in [0.25, 0.3) is 0 Å². The van der Waals surface area contributed by atoms with E-state index < -0.39 is 0 Å². The molecule has 0 aliphatic rings. The number of halogens is 1. The van der Waals surface area contributed by atoms with E-state index >= 15 is 0 Å². The first-order chi connectivity index (χ1) is 9.69. The summed E-state index contributed by atoms with van der Waals surface area (Å²) in [5.74, 6) is 0.909. The van der Waals surface area contributed by atoms with Crippen LogP contribution in [0.2, 0.25) is 0 Å². The summed E-state index contributed by atoms with van der Waals surface area (Å²) >= 11 is 0. The Balaban J connectivity index is 0.00000220. The summed E-state index contributed by atoms with van der Waals surface area (Å²) in [4.78, 5) is 0. The van der Waals surface area contributed by atoms with Gasteiger partial charge in [0.2, 0.25) is 0 Å². The largest absolute Gasteiger partial charge is 0.497 e. The summed E-state index contributed by atoms with van der Waals surface area (Å²) in [5, 5.41) is 3.64. The van der Waals surface area contributed by atoms with Gasteiger partial charge < -0.3 is 10.1 Å². The molecule has 0 heterocycles. The van der Waals surface area contributed by atoms with Crippen molar-refractivity contribution < 1.29 is 4.74 Å². The molecule has 114 valence electrons. The average molecular weight is 306 g/mol. The average Bonchev–Trinajstić information content (AvgIpc) is 2.49. The lowest BCUT2D eigenvalue weighted by atomic mass is 10.0. The zero-order valence-corrected chi connectivity index (χ0v) is 13.7. The molecule has 2 aromatic carbocycles. The topological polar surface area (TPSA) is 21.3 Å². The van der Waals surface area contributed by atoms with E-state index in [4.69, 9.17) is 4.74 Å². The number of methoxy groups -OCH3 is 1. The smallest absolute Gasteiger partial charge is 0.118 e. The summed E-state index contributed by atoms with van der Waals surface area (Å²) in [6.07, 6.45) is 1.02. The van der Waals surface area contributed by atoms with Crippen molar-refractivity contribution in [2.75, 3.05) is 7.11 Å². The fourth-order valence-corrected chi connectivity index (χ4v) is 2.44. The van der Waals surface area contributed by atoms with Gasteiger partial charge in [-0.05, 0) is 43.5 Å². The quantitative estimate of drug-likeness (QED) is 0.854. The van der Waals surface area contributed by atoms with Crippen LogP contribution in [0.5, 0.6) is 5.75 Å². The fraction of sp³-hybridized carbons (Fsp3) is 0.333. The van der Waals surface area contributed by atoms with Gasteiger partial charge >= 0.3 is 0 Å². The monoisotopic (exact) mass is 305 g/mol. The van der Waals surface area contributed by atoms with E-state index in [1.807, 2.05) is 12.1 Å². The minimum atomic E-state index is 0. The first-order valence-electron chi connectivity index (χ1n) is 7.13. The van der Waals surface area contributed by atoms with Crippen molar-refractivity contribution in [1.82, 2.24) is 5.32 Å². The Morgan fingerprint density at radius 3 is 2.14 bits per heavy atom. The number of rotatable bonds is 6. The summed E-state index contributed by atoms with van der Waals surface area (Å²) in [6.45, 7) is 4.43. The third kappa shape index (κ3) is 5.41. The maximum absolute atomic E-state index is 5.18. The van der Waals surface area contributed by atoms with E-state index in [1.165, 1.54) is 11.1 Å². The molecular weight excluding hydrogens is 282 g/mol. The minimum absolute atomic E-state index is 0. The van der Waals surface area contributed by atoms with Gasteiger partial charge in [-0.25, -0.2) is 0 Å². The highest BCUT2D eigenvalue weighted by atomic mass is 35.5. The van der Waals surface area contributed by atoms with Crippen LogP contribution in [0.15, 0.2) is 54.6 Å². The van der Waals surface area contributed by atoms with E-state index in [0.29, 0.717) is 12.1 Å². The molecule has 0 aromatic heterocycles. The van der Waals surface area contributed by atoms with Crippen LogP contribution < -0.4 is 10.1 Å². The molecule has 2 aromatic rings. The third-order valence-electron chi connectivity index (χ3n) is 3.54. The van der Waals surface area contributed by atoms with Crippen LogP contribution in [0.25, 0.3) is 0 Å². The summed E-state index contributed by atoms with van der Waals surface area (Å²) in [7, 11) is 1.70. The van der Waals surface area contributed by atoms with Crippen LogP contribution in [-0.4, -0.2) is 13.2 Å². The molecule has 0 saturated carbocycles. The number of benzene rings is 2. The van der Waals surface area contributed by atoms with Crippen LogP contribution in [-0.2, 0) is 6.42 Å². The van der Waals surface area contributed by atoms with Gasteiger partial charge in [-0.3, -0.25) is 0 Å². The van der Waals surface area contributed by atoms with E-state index in [-0.39, 0.29) is 12.4 Å². The van der Waals surface area contributed by atoms with Crippen LogP contribution in [0.3, 0.4) is 0 Å². The van der Waals surface area contributed by atoms with Crippen molar-refractivity contribution in [1.29, 1.82) is 0 Å². The van der Waals surface area contributed by atoms with Crippen molar-refractivity contribution in [3.63, 3.8) is 0 Å². The van der Waals surface area contributed by atoms with Gasteiger partial charge in [0.15, 0.2) is 0 Å². The predicted octanol–water partition coefficient (Wildman–Crippen LogP) is 4.40. The van der Waals surface area contributed by atoms with Crippen LogP contribution in [0.1, 0.15) is 31.0 Å². The Labute approximate surface area is 133 Å². The zero-order chi connectivity index (χ0) is 14.4. The zero-order valence-electron chi connectivity index (χ0n) is 12.9. The lowest BCUT2D eigenvalue weighted by Crippen LogP contribution is -2.30. The van der Waals surface area contributed by atoms with Crippen molar-refractivity contribution in [3.8, 4) is 5.75 Å². The Bertz CT molecular complexity index is 513. The van der Waals surface area contributed by atoms with Gasteiger partial charge in [-0.1, -0.05) is 42.5 Å². The minimum Gasteiger partial charge on any atom is -0.497 e. The normalized spacial score (nSPS) is 13.1. The Morgan fingerprint density at radius 2 is 1.57 bits per heavy atom. The molecule has 0 amide bonds. The van der Waals surface area contributed by atoms with Crippen LogP contribution >= 0.6 is 12.4 Å². The van der Waals surface area contributed by atoms with Gasteiger partial charge in [0.05, 0.1) is 7.11 Å². The molecule has 0 saturated heterocycles. The molecule has 2 rings (SSSR count). The highest BCUT2D eigenvalue weighted by Crippen LogP contribution is 2.15. The second-order valence-corrected chi connectivity index (χ2v) is 5.25. The molecule has 2 atom stereocenters. The lowest BCUT2D eigenvalue weighted by molar-refractivity contribution is 0.414. The first kappa shape index (κ1) is 17.5. The Kier molecular flexibility index (Phi) is 7.27. The molecule has 0 radical (unpaired) electrons. The molecule has 3 heteroatoms. The highest BCUT2D eigenvalue weighted by molar-refractivity contribution is 5.85. The molecule has 0 spiro atoms. The standard InChI is InChI=1S/C18H23NO.ClH/c1-14(13-16-9-11-18(20-3)12-10-16)19-15(2)17-7-5-4-6-8-17;/h4-12,14-15,19H,13H2,1-3H3;1H/t14?,15-;/m1./s1. The number of ether oxygens (including phenoxy) is 1. The molecule has 0 aliphatic heterocycles. The lowest BCUT2D eigenvalue weighted by Gasteiger charge is -2.20. The summed E-state index contributed by atoms with van der Waals surface area (Å²) < 4.78 is 5.18. The summed E-state index contributed by atoms with van der Waals surface area (Å²) in [5.41, 5.74) is 2.65. The number of nitrogens with one attached hydrogen (secondary N) is 1. The maximum atomic E-state index is 5.18. The van der Waals surface area contributed by atoms with Crippen LogP contribution in [0.4, 0.5) is 0 Å². The first-order valence-corrected chi connectivity index (χ1v) is 7.13. The SMILES string of the molecule is COc1ccc(CC(C)N[C@H](C)c2ccccc2)cc1.Cl. The predicted molar refractivity (Wildman–Crippen MR) is 91.4 cm³/mol.